The molecule has 0 bridgehead atoms. The summed E-state index contributed by atoms with van der Waals surface area (Å²) in [5, 5.41) is 12.7. The van der Waals surface area contributed by atoms with Gasteiger partial charge in [-0.1, -0.05) is 30.3 Å². The lowest BCUT2D eigenvalue weighted by Gasteiger charge is -2.41. The number of hydrogen-bond acceptors (Lipinski definition) is 5. The van der Waals surface area contributed by atoms with E-state index in [1.54, 1.807) is 4.90 Å². The summed E-state index contributed by atoms with van der Waals surface area (Å²) in [6.07, 6.45) is 3.86. The number of carboxylic acid groups (broad SMARTS) is 1. The maximum absolute atomic E-state index is 13.7. The van der Waals surface area contributed by atoms with E-state index in [4.69, 9.17) is 14.2 Å². The zero-order chi connectivity index (χ0) is 28.0. The summed E-state index contributed by atoms with van der Waals surface area (Å²) >= 11 is 0. The highest BCUT2D eigenvalue weighted by molar-refractivity contribution is 5.87. The van der Waals surface area contributed by atoms with Crippen molar-refractivity contribution in [3.05, 3.63) is 58.7 Å². The predicted molar refractivity (Wildman–Crippen MR) is 149 cm³/mol. The highest BCUT2D eigenvalue weighted by atomic mass is 16.5. The van der Waals surface area contributed by atoms with Gasteiger partial charge in [-0.2, -0.15) is 0 Å². The quantitative estimate of drug-likeness (QED) is 0.288. The summed E-state index contributed by atoms with van der Waals surface area (Å²) in [5.74, 6) is 1.08. The molecule has 2 amide bonds. The van der Waals surface area contributed by atoms with E-state index in [0.717, 1.165) is 53.0 Å². The van der Waals surface area contributed by atoms with Gasteiger partial charge in [0.25, 0.3) is 0 Å². The van der Waals surface area contributed by atoms with Crippen LogP contribution in [0.5, 0.6) is 11.5 Å². The molecule has 0 aromatic heterocycles. The fourth-order valence-corrected chi connectivity index (χ4v) is 5.34. The molecular weight excluding hydrogens is 496 g/mol. The molecule has 4 rings (SSSR count). The zero-order valence-corrected chi connectivity index (χ0v) is 23.6. The Kier molecular flexibility index (Phi) is 9.38. The van der Waals surface area contributed by atoms with Crippen molar-refractivity contribution in [3.63, 3.8) is 0 Å². The number of aliphatic carboxylic acids is 1. The molecule has 2 fully saturated rings. The summed E-state index contributed by atoms with van der Waals surface area (Å²) in [6, 6.07) is 11.1. The molecule has 0 spiro atoms. The SMILES string of the molecule is CCOc1cc([C@@H](C)N(CCOCc2ccccc2)C(=O)NC2(C(=O)O)CCC2)c(C)c(OCC)c1C1CC1. The van der Waals surface area contributed by atoms with Crippen LogP contribution in [-0.4, -0.2) is 53.9 Å². The van der Waals surface area contributed by atoms with E-state index >= 15 is 0 Å². The molecule has 0 saturated heterocycles. The Morgan fingerprint density at radius 2 is 1.82 bits per heavy atom. The predicted octanol–water partition coefficient (Wildman–Crippen LogP) is 5.97. The Hall–Kier alpha value is -3.26. The van der Waals surface area contributed by atoms with Gasteiger partial charge in [0.1, 0.15) is 17.0 Å². The molecule has 39 heavy (non-hydrogen) atoms. The molecule has 8 nitrogen and oxygen atoms in total. The Morgan fingerprint density at radius 3 is 2.38 bits per heavy atom. The summed E-state index contributed by atoms with van der Waals surface area (Å²) in [6.45, 7) is 10.0. The van der Waals surface area contributed by atoms with Crippen LogP contribution in [0.1, 0.15) is 87.1 Å². The van der Waals surface area contributed by atoms with E-state index in [0.29, 0.717) is 51.7 Å². The van der Waals surface area contributed by atoms with Gasteiger partial charge in [0.05, 0.1) is 32.5 Å². The molecule has 0 aliphatic heterocycles. The molecular formula is C31H42N2O6. The number of carboxylic acids is 1. The highest BCUT2D eigenvalue weighted by Crippen LogP contribution is 2.51. The average molecular weight is 539 g/mol. The lowest BCUT2D eigenvalue weighted by Crippen LogP contribution is -2.62. The van der Waals surface area contributed by atoms with Crippen LogP contribution >= 0.6 is 0 Å². The van der Waals surface area contributed by atoms with Gasteiger partial charge >= 0.3 is 12.0 Å². The van der Waals surface area contributed by atoms with Gasteiger partial charge in [0, 0.05) is 12.1 Å². The largest absolute Gasteiger partial charge is 0.493 e. The minimum absolute atomic E-state index is 0.299. The summed E-state index contributed by atoms with van der Waals surface area (Å²) in [7, 11) is 0. The third-order valence-corrected chi connectivity index (χ3v) is 7.87. The smallest absolute Gasteiger partial charge is 0.329 e. The molecule has 0 heterocycles. The number of carbonyl (C=O) groups is 2. The van der Waals surface area contributed by atoms with E-state index in [9.17, 15) is 14.7 Å². The third-order valence-electron chi connectivity index (χ3n) is 7.87. The minimum Gasteiger partial charge on any atom is -0.493 e. The molecule has 2 aliphatic carbocycles. The van der Waals surface area contributed by atoms with Gasteiger partial charge in [0.2, 0.25) is 0 Å². The van der Waals surface area contributed by atoms with Crippen molar-refractivity contribution < 1.29 is 28.9 Å². The first kappa shape index (κ1) is 28.7. The van der Waals surface area contributed by atoms with Gasteiger partial charge in [-0.25, -0.2) is 9.59 Å². The number of benzene rings is 2. The summed E-state index contributed by atoms with van der Waals surface area (Å²) in [5.41, 5.74) is 2.86. The van der Waals surface area contributed by atoms with Gasteiger partial charge in [-0.05, 0) is 88.5 Å². The van der Waals surface area contributed by atoms with Crippen molar-refractivity contribution in [2.24, 2.45) is 0 Å². The molecule has 2 aromatic carbocycles. The summed E-state index contributed by atoms with van der Waals surface area (Å²) < 4.78 is 18.2. The number of carbonyl (C=O) groups excluding carboxylic acids is 1. The van der Waals surface area contributed by atoms with Crippen LogP contribution in [0.15, 0.2) is 36.4 Å². The van der Waals surface area contributed by atoms with Crippen LogP contribution in [0.25, 0.3) is 0 Å². The first-order chi connectivity index (χ1) is 18.8. The second kappa shape index (κ2) is 12.7. The van der Waals surface area contributed by atoms with E-state index in [1.165, 1.54) is 0 Å². The van der Waals surface area contributed by atoms with Crippen LogP contribution in [0.4, 0.5) is 4.79 Å². The molecule has 2 aliphatic rings. The first-order valence-electron chi connectivity index (χ1n) is 14.2. The second-order valence-corrected chi connectivity index (χ2v) is 10.6. The molecule has 0 radical (unpaired) electrons. The van der Waals surface area contributed by atoms with Crippen molar-refractivity contribution >= 4 is 12.0 Å². The Bertz CT molecular complexity index is 1140. The van der Waals surface area contributed by atoms with E-state index in [2.05, 4.69) is 5.32 Å². The number of amides is 2. The summed E-state index contributed by atoms with van der Waals surface area (Å²) in [4.78, 5) is 27.4. The number of ether oxygens (including phenoxy) is 3. The van der Waals surface area contributed by atoms with Crippen molar-refractivity contribution in [3.8, 4) is 11.5 Å². The number of hydrogen-bond donors (Lipinski definition) is 2. The minimum atomic E-state index is -1.21. The highest BCUT2D eigenvalue weighted by Gasteiger charge is 2.47. The maximum atomic E-state index is 13.7. The lowest BCUT2D eigenvalue weighted by molar-refractivity contribution is -0.148. The second-order valence-electron chi connectivity index (χ2n) is 10.6. The van der Waals surface area contributed by atoms with E-state index in [-0.39, 0.29) is 6.04 Å². The fourth-order valence-electron chi connectivity index (χ4n) is 5.34. The van der Waals surface area contributed by atoms with Gasteiger partial charge in [-0.3, -0.25) is 0 Å². The molecule has 0 unspecified atom stereocenters. The van der Waals surface area contributed by atoms with Crippen molar-refractivity contribution in [2.45, 2.75) is 83.9 Å². The Balaban J connectivity index is 1.62. The normalized spacial score (nSPS) is 16.6. The van der Waals surface area contributed by atoms with Crippen LogP contribution in [0.3, 0.4) is 0 Å². The van der Waals surface area contributed by atoms with Gasteiger partial charge < -0.3 is 29.5 Å². The monoisotopic (exact) mass is 538 g/mol. The maximum Gasteiger partial charge on any atom is 0.329 e. The number of nitrogens with one attached hydrogen (secondary N) is 1. The number of urea groups is 1. The average Bonchev–Trinajstić information content (AvgIpc) is 3.73. The topological polar surface area (TPSA) is 97.3 Å². The van der Waals surface area contributed by atoms with Crippen LogP contribution in [0.2, 0.25) is 0 Å². The van der Waals surface area contributed by atoms with E-state index < -0.39 is 17.5 Å². The van der Waals surface area contributed by atoms with Crippen LogP contribution < -0.4 is 14.8 Å². The van der Waals surface area contributed by atoms with Crippen molar-refractivity contribution in [2.75, 3.05) is 26.4 Å². The van der Waals surface area contributed by atoms with Crippen molar-refractivity contribution in [1.29, 1.82) is 0 Å². The third kappa shape index (κ3) is 6.49. The molecule has 1 atom stereocenters. The Morgan fingerprint density at radius 1 is 1.13 bits per heavy atom. The lowest BCUT2D eigenvalue weighted by atomic mass is 9.77. The van der Waals surface area contributed by atoms with Crippen LogP contribution in [-0.2, 0) is 16.1 Å². The molecule has 8 heteroatoms. The first-order valence-corrected chi connectivity index (χ1v) is 14.2. The zero-order valence-electron chi connectivity index (χ0n) is 23.6. The molecule has 2 aromatic rings. The van der Waals surface area contributed by atoms with E-state index in [1.807, 2.05) is 64.1 Å². The molecule has 2 N–H and O–H groups in total. The van der Waals surface area contributed by atoms with Gasteiger partial charge in [-0.15, -0.1) is 0 Å². The van der Waals surface area contributed by atoms with Gasteiger partial charge in [0.15, 0.2) is 0 Å². The Labute approximate surface area is 231 Å². The number of nitrogens with zero attached hydrogens (tertiary/aromatic N) is 1. The fraction of sp³-hybridized carbons (Fsp3) is 0.548. The number of rotatable bonds is 14. The standard InChI is InChI=1S/C31H42N2O6/c1-5-38-26-19-25(21(3)28(39-6-2)27(26)24-13-14-24)22(4)33(17-18-37-20-23-11-8-7-9-12-23)30(36)32-31(29(34)35)15-10-16-31/h7-9,11-12,19,22,24H,5-6,10,13-18,20H2,1-4H3,(H,32,36)(H,34,35)/t22-/m1/s1. The van der Waals surface area contributed by atoms with Crippen molar-refractivity contribution in [1.82, 2.24) is 10.2 Å². The van der Waals surface area contributed by atoms with Crippen LogP contribution in [0, 0.1) is 6.92 Å². The molecule has 212 valence electrons. The molecule has 2 saturated carbocycles.